The van der Waals surface area contributed by atoms with E-state index in [0.717, 1.165) is 26.1 Å². The smallest absolute Gasteiger partial charge is 0.409 e. The molecule has 0 aromatic heterocycles. The minimum atomic E-state index is -0.173. The fraction of sp³-hybridized carbons (Fsp3) is 0.909. The number of ether oxygens (including phenoxy) is 1. The number of amides is 1. The van der Waals surface area contributed by atoms with Crippen LogP contribution in [0.3, 0.4) is 0 Å². The van der Waals surface area contributed by atoms with Gasteiger partial charge >= 0.3 is 6.09 Å². The summed E-state index contributed by atoms with van der Waals surface area (Å²) in [6.45, 7) is 9.10. The molecule has 0 saturated carbocycles. The second-order valence-corrected chi connectivity index (χ2v) is 4.43. The fourth-order valence-electron chi connectivity index (χ4n) is 1.93. The highest BCUT2D eigenvalue weighted by atomic mass is 16.6. The van der Waals surface area contributed by atoms with Gasteiger partial charge in [-0.2, -0.15) is 0 Å². The quantitative estimate of drug-likeness (QED) is 0.773. The first-order valence-electron chi connectivity index (χ1n) is 5.78. The minimum absolute atomic E-state index is 0.173. The van der Waals surface area contributed by atoms with Crippen molar-refractivity contribution in [1.29, 1.82) is 0 Å². The second kappa shape index (κ2) is 5.95. The van der Waals surface area contributed by atoms with E-state index in [0.29, 0.717) is 18.6 Å². The summed E-state index contributed by atoms with van der Waals surface area (Å²) in [5.41, 5.74) is 0. The van der Waals surface area contributed by atoms with Crippen LogP contribution in [0.25, 0.3) is 0 Å². The number of hydrogen-bond acceptors (Lipinski definition) is 3. The Morgan fingerprint density at radius 1 is 1.60 bits per heavy atom. The summed E-state index contributed by atoms with van der Waals surface area (Å²) in [4.78, 5) is 13.3. The van der Waals surface area contributed by atoms with Gasteiger partial charge in [-0.05, 0) is 19.3 Å². The molecule has 1 unspecified atom stereocenters. The maximum atomic E-state index is 11.5. The Morgan fingerprint density at radius 2 is 2.33 bits per heavy atom. The van der Waals surface area contributed by atoms with Crippen molar-refractivity contribution in [3.05, 3.63) is 0 Å². The predicted octanol–water partition coefficient (Wildman–Crippen LogP) is 1.46. The molecule has 0 spiro atoms. The van der Waals surface area contributed by atoms with Gasteiger partial charge in [-0.3, -0.25) is 0 Å². The Hall–Kier alpha value is -0.770. The largest absolute Gasteiger partial charge is 0.450 e. The molecule has 15 heavy (non-hydrogen) atoms. The molecule has 0 radical (unpaired) electrons. The summed E-state index contributed by atoms with van der Waals surface area (Å²) in [5, 5.41) is 3.43. The molecule has 0 bridgehead atoms. The first-order valence-corrected chi connectivity index (χ1v) is 5.78. The van der Waals surface area contributed by atoms with Crippen LogP contribution >= 0.6 is 0 Å². The standard InChI is InChI=1S/C11H22N2O2/c1-4-15-11(14)13-6-5-12-10(8-13)7-9(2)3/h9-10,12H,4-8H2,1-3H3. The molecule has 0 aromatic carbocycles. The van der Waals surface area contributed by atoms with Crippen molar-refractivity contribution in [2.75, 3.05) is 26.2 Å². The van der Waals surface area contributed by atoms with E-state index in [9.17, 15) is 4.79 Å². The highest BCUT2D eigenvalue weighted by molar-refractivity contribution is 5.67. The lowest BCUT2D eigenvalue weighted by atomic mass is 10.0. The van der Waals surface area contributed by atoms with Crippen LogP contribution in [-0.2, 0) is 4.74 Å². The maximum absolute atomic E-state index is 11.5. The van der Waals surface area contributed by atoms with Crippen LogP contribution in [0.5, 0.6) is 0 Å². The first kappa shape index (κ1) is 12.3. The summed E-state index contributed by atoms with van der Waals surface area (Å²) in [6, 6.07) is 0.420. The molecule has 0 aliphatic carbocycles. The minimum Gasteiger partial charge on any atom is -0.450 e. The SMILES string of the molecule is CCOC(=O)N1CCNC(CC(C)C)C1. The number of carbonyl (C=O) groups excluding carboxylic acids is 1. The molecule has 1 atom stereocenters. The van der Waals surface area contributed by atoms with Gasteiger partial charge in [0.15, 0.2) is 0 Å². The fourth-order valence-corrected chi connectivity index (χ4v) is 1.93. The average molecular weight is 214 g/mol. The topological polar surface area (TPSA) is 41.6 Å². The molecule has 1 fully saturated rings. The van der Waals surface area contributed by atoms with Gasteiger partial charge in [-0.25, -0.2) is 4.79 Å². The Balaban J connectivity index is 2.38. The number of carbonyl (C=O) groups is 1. The van der Waals surface area contributed by atoms with Crippen molar-refractivity contribution in [1.82, 2.24) is 10.2 Å². The Labute approximate surface area is 92.0 Å². The van der Waals surface area contributed by atoms with E-state index < -0.39 is 0 Å². The van der Waals surface area contributed by atoms with Crippen LogP contribution < -0.4 is 5.32 Å². The zero-order valence-corrected chi connectivity index (χ0v) is 9.95. The molecule has 1 rings (SSSR count). The summed E-state index contributed by atoms with van der Waals surface area (Å²) in [7, 11) is 0. The van der Waals surface area contributed by atoms with Crippen molar-refractivity contribution < 1.29 is 9.53 Å². The van der Waals surface area contributed by atoms with Crippen molar-refractivity contribution in [2.24, 2.45) is 5.92 Å². The summed E-state index contributed by atoms with van der Waals surface area (Å²) >= 11 is 0. The van der Waals surface area contributed by atoms with Gasteiger partial charge in [-0.15, -0.1) is 0 Å². The number of hydrogen-bond donors (Lipinski definition) is 1. The van der Waals surface area contributed by atoms with E-state index in [1.807, 2.05) is 6.92 Å². The maximum Gasteiger partial charge on any atom is 0.409 e. The van der Waals surface area contributed by atoms with Crippen LogP contribution in [0.1, 0.15) is 27.2 Å². The summed E-state index contributed by atoms with van der Waals surface area (Å²) < 4.78 is 4.99. The molecule has 4 heteroatoms. The lowest BCUT2D eigenvalue weighted by Gasteiger charge is -2.33. The molecule has 88 valence electrons. The Morgan fingerprint density at radius 3 is 2.93 bits per heavy atom. The van der Waals surface area contributed by atoms with Crippen LogP contribution in [0.4, 0.5) is 4.79 Å². The van der Waals surface area contributed by atoms with E-state index >= 15 is 0 Å². The zero-order valence-electron chi connectivity index (χ0n) is 9.95. The van der Waals surface area contributed by atoms with Gasteiger partial charge in [0.05, 0.1) is 6.61 Å². The molecule has 1 aliphatic rings. The van der Waals surface area contributed by atoms with E-state index in [1.165, 1.54) is 0 Å². The van der Waals surface area contributed by atoms with Gasteiger partial charge in [0.25, 0.3) is 0 Å². The molecule has 1 heterocycles. The van der Waals surface area contributed by atoms with Gasteiger partial charge in [0, 0.05) is 25.7 Å². The molecular formula is C11H22N2O2. The molecule has 1 N–H and O–H groups in total. The van der Waals surface area contributed by atoms with E-state index in [2.05, 4.69) is 19.2 Å². The second-order valence-electron chi connectivity index (χ2n) is 4.43. The van der Waals surface area contributed by atoms with Crippen molar-refractivity contribution >= 4 is 6.09 Å². The normalized spacial score (nSPS) is 21.9. The van der Waals surface area contributed by atoms with Gasteiger partial charge < -0.3 is 15.0 Å². The van der Waals surface area contributed by atoms with Gasteiger partial charge in [0.2, 0.25) is 0 Å². The number of rotatable bonds is 3. The molecular weight excluding hydrogens is 192 g/mol. The zero-order chi connectivity index (χ0) is 11.3. The number of nitrogens with zero attached hydrogens (tertiary/aromatic N) is 1. The Kier molecular flexibility index (Phi) is 4.88. The third-order valence-corrected chi connectivity index (χ3v) is 2.54. The molecule has 4 nitrogen and oxygen atoms in total. The van der Waals surface area contributed by atoms with Crippen LogP contribution in [0, 0.1) is 5.92 Å². The summed E-state index contributed by atoms with van der Waals surface area (Å²) in [6.07, 6.45) is 0.934. The van der Waals surface area contributed by atoms with Crippen molar-refractivity contribution in [3.8, 4) is 0 Å². The van der Waals surface area contributed by atoms with Crippen molar-refractivity contribution in [3.63, 3.8) is 0 Å². The third-order valence-electron chi connectivity index (χ3n) is 2.54. The number of piperazine rings is 1. The monoisotopic (exact) mass is 214 g/mol. The highest BCUT2D eigenvalue weighted by Gasteiger charge is 2.24. The van der Waals surface area contributed by atoms with E-state index in [1.54, 1.807) is 4.90 Å². The molecule has 1 aliphatic heterocycles. The van der Waals surface area contributed by atoms with Crippen molar-refractivity contribution in [2.45, 2.75) is 33.2 Å². The highest BCUT2D eigenvalue weighted by Crippen LogP contribution is 2.10. The average Bonchev–Trinajstić information content (AvgIpc) is 2.17. The van der Waals surface area contributed by atoms with E-state index in [-0.39, 0.29) is 6.09 Å². The van der Waals surface area contributed by atoms with Gasteiger partial charge in [-0.1, -0.05) is 13.8 Å². The first-order chi connectivity index (χ1) is 7.13. The molecule has 1 saturated heterocycles. The molecule has 1 amide bonds. The van der Waals surface area contributed by atoms with Crippen LogP contribution in [0.2, 0.25) is 0 Å². The predicted molar refractivity (Wildman–Crippen MR) is 59.8 cm³/mol. The van der Waals surface area contributed by atoms with E-state index in [4.69, 9.17) is 4.74 Å². The Bertz CT molecular complexity index is 207. The lowest BCUT2D eigenvalue weighted by molar-refractivity contribution is 0.0926. The van der Waals surface area contributed by atoms with Gasteiger partial charge in [0.1, 0.15) is 0 Å². The van der Waals surface area contributed by atoms with Crippen LogP contribution in [0.15, 0.2) is 0 Å². The lowest BCUT2D eigenvalue weighted by Crippen LogP contribution is -2.53. The molecule has 0 aromatic rings. The van der Waals surface area contributed by atoms with Crippen LogP contribution in [-0.4, -0.2) is 43.3 Å². The number of nitrogens with one attached hydrogen (secondary N) is 1. The third kappa shape index (κ3) is 4.08. The summed E-state index contributed by atoms with van der Waals surface area (Å²) in [5.74, 6) is 0.657.